The molecule has 2 heterocycles. The van der Waals surface area contributed by atoms with Crippen molar-refractivity contribution in [2.75, 3.05) is 13.2 Å². The normalized spacial score (nSPS) is 18.9. The first-order valence-electron chi connectivity index (χ1n) is 11.2. The van der Waals surface area contributed by atoms with Crippen LogP contribution in [0, 0.1) is 17.3 Å². The average Bonchev–Trinajstić information content (AvgIpc) is 3.15. The summed E-state index contributed by atoms with van der Waals surface area (Å²) in [4.78, 5) is 50.4. The molecular formula is C23H35N3O6. The van der Waals surface area contributed by atoms with Crippen molar-refractivity contribution in [3.05, 3.63) is 17.5 Å². The molecule has 0 fully saturated rings. The number of Topliss-reactive ketones (excluding diaryl/α,β-unsaturated/α-hetero) is 2. The minimum atomic E-state index is -0.817. The number of ketones is 2. The van der Waals surface area contributed by atoms with E-state index in [0.29, 0.717) is 32.2 Å². The average molecular weight is 450 g/mol. The van der Waals surface area contributed by atoms with Crippen molar-refractivity contribution >= 4 is 23.6 Å². The molecule has 1 aromatic heterocycles. The second kappa shape index (κ2) is 11.2. The zero-order valence-corrected chi connectivity index (χ0v) is 19.7. The number of alkyl carbamates (subject to hydrolysis) is 1. The topological polar surface area (TPSA) is 128 Å². The van der Waals surface area contributed by atoms with Crippen LogP contribution in [-0.4, -0.2) is 47.9 Å². The number of nitrogens with zero attached hydrogens (tertiary/aromatic N) is 1. The monoisotopic (exact) mass is 449 g/mol. The molecule has 0 aliphatic carbocycles. The van der Waals surface area contributed by atoms with Gasteiger partial charge in [-0.15, -0.1) is 0 Å². The molecule has 2 N–H and O–H groups in total. The Morgan fingerprint density at radius 1 is 1.28 bits per heavy atom. The number of ether oxygens (including phenoxy) is 1. The Balaban J connectivity index is 2.10. The first kappa shape index (κ1) is 25.5. The van der Waals surface area contributed by atoms with Gasteiger partial charge >= 0.3 is 6.09 Å². The first-order valence-corrected chi connectivity index (χ1v) is 11.2. The van der Waals surface area contributed by atoms with Crippen LogP contribution >= 0.6 is 0 Å². The highest BCUT2D eigenvalue weighted by Crippen LogP contribution is 2.21. The fourth-order valence-corrected chi connectivity index (χ4v) is 3.51. The lowest BCUT2D eigenvalue weighted by Crippen LogP contribution is -2.46. The van der Waals surface area contributed by atoms with E-state index >= 15 is 0 Å². The number of rotatable bonds is 6. The molecule has 0 radical (unpaired) electrons. The molecule has 1 aliphatic heterocycles. The van der Waals surface area contributed by atoms with E-state index < -0.39 is 29.7 Å². The molecule has 178 valence electrons. The van der Waals surface area contributed by atoms with Gasteiger partial charge in [-0.1, -0.05) is 39.8 Å². The fourth-order valence-electron chi connectivity index (χ4n) is 3.51. The van der Waals surface area contributed by atoms with Crippen LogP contribution in [0.3, 0.4) is 0 Å². The van der Waals surface area contributed by atoms with E-state index in [-0.39, 0.29) is 30.1 Å². The molecule has 2 amide bonds. The van der Waals surface area contributed by atoms with E-state index in [1.807, 2.05) is 34.6 Å². The fraction of sp³-hybridized carbons (Fsp3) is 0.696. The highest BCUT2D eigenvalue weighted by Gasteiger charge is 2.33. The number of hydrogen-bond donors (Lipinski definition) is 2. The van der Waals surface area contributed by atoms with Crippen LogP contribution in [-0.2, 0) is 32.0 Å². The Morgan fingerprint density at radius 2 is 2.00 bits per heavy atom. The molecule has 0 saturated heterocycles. The van der Waals surface area contributed by atoms with Crippen molar-refractivity contribution < 1.29 is 28.4 Å². The third kappa shape index (κ3) is 7.76. The van der Waals surface area contributed by atoms with Gasteiger partial charge < -0.3 is 19.9 Å². The van der Waals surface area contributed by atoms with Crippen molar-refractivity contribution in [1.82, 2.24) is 15.8 Å². The SMILES string of the molecule is CC(C)C(NC(=O)OCC(C)(C)C)C(=O)CC1CCc2cnoc2CCCNC(=O)C1=O. The second-order valence-electron chi connectivity index (χ2n) is 9.91. The summed E-state index contributed by atoms with van der Waals surface area (Å²) >= 11 is 0. The molecule has 32 heavy (non-hydrogen) atoms. The van der Waals surface area contributed by atoms with E-state index in [4.69, 9.17) is 9.26 Å². The number of nitrogens with one attached hydrogen (secondary N) is 2. The molecule has 2 rings (SSSR count). The molecule has 1 aromatic rings. The van der Waals surface area contributed by atoms with Crippen LogP contribution in [0.25, 0.3) is 0 Å². The van der Waals surface area contributed by atoms with Gasteiger partial charge in [-0.3, -0.25) is 14.4 Å². The number of aryl methyl sites for hydroxylation is 2. The number of carbonyl (C=O) groups excluding carboxylic acids is 4. The van der Waals surface area contributed by atoms with Gasteiger partial charge in [0, 0.05) is 30.9 Å². The highest BCUT2D eigenvalue weighted by atomic mass is 16.5. The lowest BCUT2D eigenvalue weighted by atomic mass is 9.86. The summed E-state index contributed by atoms with van der Waals surface area (Å²) in [5.41, 5.74) is 0.679. The summed E-state index contributed by atoms with van der Waals surface area (Å²) in [5, 5.41) is 9.08. The van der Waals surface area contributed by atoms with Crippen LogP contribution in [0.4, 0.5) is 4.79 Å². The van der Waals surface area contributed by atoms with Crippen molar-refractivity contribution in [2.24, 2.45) is 17.3 Å². The maximum atomic E-state index is 13.1. The molecule has 0 bridgehead atoms. The van der Waals surface area contributed by atoms with Gasteiger partial charge in [0.25, 0.3) is 5.91 Å². The quantitative estimate of drug-likeness (QED) is 0.639. The number of carbonyl (C=O) groups is 4. The van der Waals surface area contributed by atoms with E-state index in [1.54, 1.807) is 6.20 Å². The Hall–Kier alpha value is -2.71. The third-order valence-electron chi connectivity index (χ3n) is 5.32. The Morgan fingerprint density at radius 3 is 2.66 bits per heavy atom. The largest absolute Gasteiger partial charge is 0.449 e. The third-order valence-corrected chi connectivity index (χ3v) is 5.32. The number of amides is 2. The van der Waals surface area contributed by atoms with Crippen molar-refractivity contribution in [3.8, 4) is 0 Å². The predicted octanol–water partition coefficient (Wildman–Crippen LogP) is 2.61. The zero-order chi connectivity index (χ0) is 23.9. The van der Waals surface area contributed by atoms with Gasteiger partial charge in [0.05, 0.1) is 18.8 Å². The van der Waals surface area contributed by atoms with Gasteiger partial charge in [0.2, 0.25) is 5.78 Å². The van der Waals surface area contributed by atoms with E-state index in [9.17, 15) is 19.2 Å². The molecule has 0 saturated carbocycles. The van der Waals surface area contributed by atoms with Crippen molar-refractivity contribution in [1.29, 1.82) is 0 Å². The van der Waals surface area contributed by atoms with Crippen molar-refractivity contribution in [2.45, 2.75) is 72.8 Å². The van der Waals surface area contributed by atoms with Gasteiger partial charge in [-0.2, -0.15) is 0 Å². The maximum Gasteiger partial charge on any atom is 0.407 e. The number of hydrogen-bond acceptors (Lipinski definition) is 7. The molecule has 2 unspecified atom stereocenters. The second-order valence-corrected chi connectivity index (χ2v) is 9.91. The summed E-state index contributed by atoms with van der Waals surface area (Å²) in [7, 11) is 0. The number of aromatic nitrogens is 1. The highest BCUT2D eigenvalue weighted by molar-refractivity contribution is 6.37. The zero-order valence-electron chi connectivity index (χ0n) is 19.7. The van der Waals surface area contributed by atoms with E-state index in [2.05, 4.69) is 15.8 Å². The van der Waals surface area contributed by atoms with Crippen molar-refractivity contribution in [3.63, 3.8) is 0 Å². The molecule has 0 aromatic carbocycles. The van der Waals surface area contributed by atoms with E-state index in [1.165, 1.54) is 0 Å². The van der Waals surface area contributed by atoms with Gasteiger partial charge in [0.1, 0.15) is 5.76 Å². The smallest absolute Gasteiger partial charge is 0.407 e. The van der Waals surface area contributed by atoms with Crippen LogP contribution in [0.5, 0.6) is 0 Å². The van der Waals surface area contributed by atoms with Gasteiger partial charge in [-0.05, 0) is 30.6 Å². The lowest BCUT2D eigenvalue weighted by Gasteiger charge is -2.24. The molecule has 9 nitrogen and oxygen atoms in total. The summed E-state index contributed by atoms with van der Waals surface area (Å²) in [5.74, 6) is -1.87. The minimum Gasteiger partial charge on any atom is -0.449 e. The Bertz CT molecular complexity index is 824. The predicted molar refractivity (Wildman–Crippen MR) is 117 cm³/mol. The van der Waals surface area contributed by atoms with Crippen LogP contribution < -0.4 is 10.6 Å². The summed E-state index contributed by atoms with van der Waals surface area (Å²) < 4.78 is 10.5. The van der Waals surface area contributed by atoms with E-state index in [0.717, 1.165) is 11.3 Å². The van der Waals surface area contributed by atoms with Crippen LogP contribution in [0.1, 0.15) is 65.2 Å². The summed E-state index contributed by atoms with van der Waals surface area (Å²) in [6.07, 6.45) is 2.83. The summed E-state index contributed by atoms with van der Waals surface area (Å²) in [6, 6.07) is -0.817. The van der Waals surface area contributed by atoms with Gasteiger partial charge in [-0.25, -0.2) is 4.79 Å². The number of fused-ring (bicyclic) bond motifs is 1. The molecule has 9 heteroatoms. The van der Waals surface area contributed by atoms with Gasteiger partial charge in [0.15, 0.2) is 5.78 Å². The van der Waals surface area contributed by atoms with Crippen LogP contribution in [0.2, 0.25) is 0 Å². The molecule has 1 aliphatic rings. The molecule has 0 spiro atoms. The lowest BCUT2D eigenvalue weighted by molar-refractivity contribution is -0.141. The summed E-state index contributed by atoms with van der Waals surface area (Å²) in [6.45, 7) is 9.96. The standard InChI is InChI=1S/C23H35N3O6/c1-14(2)19(26-22(30)31-13-23(3,4)5)17(27)11-15-8-9-16-12-25-32-18(16)7-6-10-24-21(29)20(15)28/h12,14-15,19H,6-11,13H2,1-5H3,(H,24,29)(H,26,30). The first-order chi connectivity index (χ1) is 15.0. The molecular weight excluding hydrogens is 414 g/mol. The maximum absolute atomic E-state index is 13.1. The Kier molecular flexibility index (Phi) is 8.98. The molecule has 2 atom stereocenters. The minimum absolute atomic E-state index is 0.144. The Labute approximate surface area is 189 Å². The van der Waals surface area contributed by atoms with Crippen LogP contribution in [0.15, 0.2) is 10.7 Å².